The van der Waals surface area contributed by atoms with Gasteiger partial charge in [0.15, 0.2) is 0 Å². The maximum atomic E-state index is 13.1. The Balaban J connectivity index is 1.60. The molecule has 0 spiro atoms. The van der Waals surface area contributed by atoms with E-state index in [9.17, 15) is 14.7 Å². The molecule has 2 aliphatic rings. The monoisotopic (exact) mass is 380 g/mol. The number of carbonyl (C=O) groups is 2. The summed E-state index contributed by atoms with van der Waals surface area (Å²) in [7, 11) is 0. The molecule has 6 nitrogen and oxygen atoms in total. The molecule has 6 heteroatoms. The van der Waals surface area contributed by atoms with Crippen molar-refractivity contribution >= 4 is 17.5 Å². The second kappa shape index (κ2) is 7.64. The Labute approximate surface area is 164 Å². The van der Waals surface area contributed by atoms with Crippen molar-refractivity contribution in [1.82, 2.24) is 4.90 Å². The average molecular weight is 380 g/mol. The van der Waals surface area contributed by atoms with E-state index in [2.05, 4.69) is 5.32 Å². The number of para-hydroxylation sites is 1. The van der Waals surface area contributed by atoms with Gasteiger partial charge in [-0.3, -0.25) is 9.59 Å². The summed E-state index contributed by atoms with van der Waals surface area (Å²) in [4.78, 5) is 27.7. The summed E-state index contributed by atoms with van der Waals surface area (Å²) >= 11 is 0. The van der Waals surface area contributed by atoms with Crippen LogP contribution in [0.15, 0.2) is 42.5 Å². The quantitative estimate of drug-likeness (QED) is 0.774. The maximum absolute atomic E-state index is 13.1. The molecule has 2 aromatic rings. The van der Waals surface area contributed by atoms with Gasteiger partial charge in [0.1, 0.15) is 5.75 Å². The van der Waals surface area contributed by atoms with Crippen LogP contribution in [0.3, 0.4) is 0 Å². The Bertz CT molecular complexity index is 907. The minimum Gasteiger partial charge on any atom is -0.493 e. The van der Waals surface area contributed by atoms with Gasteiger partial charge in [-0.1, -0.05) is 24.3 Å². The van der Waals surface area contributed by atoms with Gasteiger partial charge >= 0.3 is 0 Å². The predicted molar refractivity (Wildman–Crippen MR) is 105 cm³/mol. The molecule has 1 aliphatic carbocycles. The molecular weight excluding hydrogens is 356 g/mol. The maximum Gasteiger partial charge on any atom is 0.259 e. The second-order valence-electron chi connectivity index (χ2n) is 7.24. The van der Waals surface area contributed by atoms with Crippen molar-refractivity contribution in [3.05, 3.63) is 59.2 Å². The van der Waals surface area contributed by atoms with Gasteiger partial charge in [0.2, 0.25) is 0 Å². The van der Waals surface area contributed by atoms with Gasteiger partial charge in [0, 0.05) is 6.54 Å². The van der Waals surface area contributed by atoms with Gasteiger partial charge in [0.05, 0.1) is 36.1 Å². The van der Waals surface area contributed by atoms with Crippen molar-refractivity contribution < 1.29 is 19.4 Å². The van der Waals surface area contributed by atoms with Crippen molar-refractivity contribution in [2.24, 2.45) is 5.92 Å². The number of rotatable bonds is 7. The van der Waals surface area contributed by atoms with E-state index in [1.165, 1.54) is 0 Å². The van der Waals surface area contributed by atoms with E-state index in [1.54, 1.807) is 29.2 Å². The van der Waals surface area contributed by atoms with Gasteiger partial charge in [-0.15, -0.1) is 0 Å². The van der Waals surface area contributed by atoms with Crippen LogP contribution in [0.5, 0.6) is 5.75 Å². The Kier molecular flexibility index (Phi) is 5.05. The number of benzene rings is 2. The molecule has 2 aromatic carbocycles. The third kappa shape index (κ3) is 3.36. The van der Waals surface area contributed by atoms with Crippen molar-refractivity contribution in [3.63, 3.8) is 0 Å². The Morgan fingerprint density at radius 3 is 2.75 bits per heavy atom. The van der Waals surface area contributed by atoms with Crippen LogP contribution in [0.25, 0.3) is 0 Å². The lowest BCUT2D eigenvalue weighted by atomic mass is 10.1. The highest BCUT2D eigenvalue weighted by Crippen LogP contribution is 2.39. The number of aliphatic hydroxyl groups excluding tert-OH is 1. The number of ether oxygens (including phenoxy) is 1. The van der Waals surface area contributed by atoms with Crippen molar-refractivity contribution in [2.45, 2.75) is 32.4 Å². The Morgan fingerprint density at radius 1 is 1.25 bits per heavy atom. The van der Waals surface area contributed by atoms with Crippen LogP contribution in [-0.2, 0) is 6.54 Å². The number of hydrogen-bond donors (Lipinski definition) is 2. The first-order valence-corrected chi connectivity index (χ1v) is 9.71. The number of carbonyl (C=O) groups excluding carboxylic acids is 2. The summed E-state index contributed by atoms with van der Waals surface area (Å²) in [6.45, 7) is 2.76. The number of nitrogens with zero attached hydrogens (tertiary/aromatic N) is 1. The van der Waals surface area contributed by atoms with E-state index in [1.807, 2.05) is 25.1 Å². The first-order valence-electron chi connectivity index (χ1n) is 9.71. The zero-order chi connectivity index (χ0) is 19.7. The van der Waals surface area contributed by atoms with Crippen LogP contribution < -0.4 is 10.1 Å². The van der Waals surface area contributed by atoms with Crippen LogP contribution in [0, 0.1) is 5.92 Å². The highest BCUT2D eigenvalue weighted by molar-refractivity contribution is 6.11. The number of amides is 2. The fraction of sp³-hybridized carbons (Fsp3) is 0.364. The van der Waals surface area contributed by atoms with Gasteiger partial charge in [-0.2, -0.15) is 0 Å². The molecule has 1 fully saturated rings. The van der Waals surface area contributed by atoms with E-state index >= 15 is 0 Å². The number of aliphatic hydroxyl groups is 1. The van der Waals surface area contributed by atoms with Crippen molar-refractivity contribution in [3.8, 4) is 5.75 Å². The Morgan fingerprint density at radius 2 is 2.04 bits per heavy atom. The van der Waals surface area contributed by atoms with Crippen LogP contribution in [0.1, 0.15) is 46.0 Å². The summed E-state index contributed by atoms with van der Waals surface area (Å²) in [6, 6.07) is 12.4. The lowest BCUT2D eigenvalue weighted by molar-refractivity contribution is 0.0581. The molecule has 0 unspecified atom stereocenters. The van der Waals surface area contributed by atoms with E-state index in [0.717, 1.165) is 18.4 Å². The zero-order valence-electron chi connectivity index (χ0n) is 15.9. The smallest absolute Gasteiger partial charge is 0.259 e. The molecule has 2 amide bonds. The number of hydrogen-bond acceptors (Lipinski definition) is 4. The lowest BCUT2D eigenvalue weighted by Gasteiger charge is -2.26. The molecular formula is C22H24N2O4. The normalized spacial score (nSPS) is 16.6. The highest BCUT2D eigenvalue weighted by atomic mass is 16.5. The molecule has 1 saturated carbocycles. The molecule has 0 bridgehead atoms. The number of anilines is 1. The van der Waals surface area contributed by atoms with Gasteiger partial charge in [0.25, 0.3) is 11.8 Å². The summed E-state index contributed by atoms with van der Waals surface area (Å²) < 4.78 is 5.54. The van der Waals surface area contributed by atoms with Crippen LogP contribution in [0.2, 0.25) is 0 Å². The fourth-order valence-electron chi connectivity index (χ4n) is 3.86. The van der Waals surface area contributed by atoms with Crippen molar-refractivity contribution in [2.75, 3.05) is 18.5 Å². The summed E-state index contributed by atoms with van der Waals surface area (Å²) in [5.74, 6) is 0.441. The van der Waals surface area contributed by atoms with Gasteiger partial charge < -0.3 is 20.1 Å². The van der Waals surface area contributed by atoms with Crippen molar-refractivity contribution in [1.29, 1.82) is 0 Å². The summed E-state index contributed by atoms with van der Waals surface area (Å²) in [5, 5.41) is 12.6. The summed E-state index contributed by atoms with van der Waals surface area (Å²) in [5.41, 5.74) is 2.31. The van der Waals surface area contributed by atoms with Gasteiger partial charge in [-0.25, -0.2) is 0 Å². The minimum atomic E-state index is -0.315. The third-order valence-electron chi connectivity index (χ3n) is 5.40. The second-order valence-corrected chi connectivity index (χ2v) is 7.24. The topological polar surface area (TPSA) is 78.9 Å². The predicted octanol–water partition coefficient (Wildman–Crippen LogP) is 3.06. The molecule has 1 atom stereocenters. The molecule has 2 N–H and O–H groups in total. The molecule has 0 saturated heterocycles. The van der Waals surface area contributed by atoms with Crippen LogP contribution >= 0.6 is 0 Å². The number of fused-ring (bicyclic) bond motifs is 1. The molecule has 4 rings (SSSR count). The molecule has 1 heterocycles. The SMILES string of the molecule is CCOc1ccccc1C(=O)Nc1cccc2c1C(=O)N([C@@H](CO)C1CC1)C2. The minimum absolute atomic E-state index is 0.0339. The largest absolute Gasteiger partial charge is 0.493 e. The zero-order valence-corrected chi connectivity index (χ0v) is 15.9. The van der Waals surface area contributed by atoms with E-state index in [4.69, 9.17) is 4.74 Å². The molecule has 28 heavy (non-hydrogen) atoms. The van der Waals surface area contributed by atoms with Gasteiger partial charge in [-0.05, 0) is 49.4 Å². The first-order chi connectivity index (χ1) is 13.6. The molecule has 0 radical (unpaired) electrons. The van der Waals surface area contributed by atoms with Crippen LogP contribution in [-0.4, -0.2) is 41.1 Å². The van der Waals surface area contributed by atoms with E-state index in [0.29, 0.717) is 41.6 Å². The highest BCUT2D eigenvalue weighted by Gasteiger charge is 2.41. The number of nitrogens with one attached hydrogen (secondary N) is 1. The fourth-order valence-corrected chi connectivity index (χ4v) is 3.86. The third-order valence-corrected chi connectivity index (χ3v) is 5.40. The molecule has 146 valence electrons. The van der Waals surface area contributed by atoms with E-state index < -0.39 is 0 Å². The lowest BCUT2D eigenvalue weighted by Crippen LogP contribution is -2.39. The standard InChI is InChI=1S/C22H24N2O4/c1-2-28-19-9-4-3-7-16(19)21(26)23-17-8-5-6-15-12-24(22(27)20(15)17)18(13-25)14-10-11-14/h3-9,14,18,25H,2,10-13H2,1H3,(H,23,26)/t18-/m0/s1. The Hall–Kier alpha value is -2.86. The molecule has 0 aromatic heterocycles. The first kappa shape index (κ1) is 18.5. The van der Waals surface area contributed by atoms with E-state index in [-0.39, 0.29) is 24.5 Å². The average Bonchev–Trinajstić information content (AvgIpc) is 3.48. The van der Waals surface area contributed by atoms with Crippen LogP contribution in [0.4, 0.5) is 5.69 Å². The summed E-state index contributed by atoms with van der Waals surface area (Å²) in [6.07, 6.45) is 2.09. The molecule has 1 aliphatic heterocycles.